The monoisotopic (exact) mass is 452 g/mol. The molecule has 13 heteroatoms. The highest BCUT2D eigenvalue weighted by Crippen LogP contribution is 2.51. The molecule has 3 fully saturated rings. The summed E-state index contributed by atoms with van der Waals surface area (Å²) in [6.45, 7) is 0.608. The van der Waals surface area contributed by atoms with E-state index in [2.05, 4.69) is 14.1 Å². The van der Waals surface area contributed by atoms with Gasteiger partial charge < -0.3 is 14.2 Å². The minimum atomic E-state index is -5.55. The Morgan fingerprint density at radius 1 is 1.10 bits per heavy atom. The molecule has 6 atom stereocenters. The van der Waals surface area contributed by atoms with Gasteiger partial charge in [0.2, 0.25) is 0 Å². The summed E-state index contributed by atoms with van der Waals surface area (Å²) in [6.07, 6.45) is -5.88. The highest BCUT2D eigenvalue weighted by molar-refractivity contribution is 7.95. The number of carbonyl (C=O) groups excluding carboxylic acids is 1. The van der Waals surface area contributed by atoms with E-state index >= 15 is 0 Å². The van der Waals surface area contributed by atoms with Crippen LogP contribution >= 0.6 is 12.0 Å². The Labute approximate surface area is 167 Å². The number of hydrogen-bond acceptors (Lipinski definition) is 8. The molecule has 0 spiro atoms. The molecule has 29 heavy (non-hydrogen) atoms. The second-order valence-electron chi connectivity index (χ2n) is 7.45. The Kier molecular flexibility index (Phi) is 7.27. The van der Waals surface area contributed by atoms with E-state index in [0.717, 1.165) is 19.3 Å². The van der Waals surface area contributed by atoms with Crippen molar-refractivity contribution in [2.45, 2.75) is 68.5 Å². The van der Waals surface area contributed by atoms with Crippen molar-refractivity contribution in [2.75, 3.05) is 6.61 Å². The first-order valence-corrected chi connectivity index (χ1v) is 9.94. The fraction of sp³-hybridized carbons (Fsp3) is 0.938. The summed E-state index contributed by atoms with van der Waals surface area (Å²) in [5.74, 6) is -2.60. The zero-order valence-electron chi connectivity index (χ0n) is 15.1. The van der Waals surface area contributed by atoms with Crippen molar-refractivity contribution in [1.29, 1.82) is 0 Å². The van der Waals surface area contributed by atoms with Crippen LogP contribution in [0.5, 0.6) is 0 Å². The lowest BCUT2D eigenvalue weighted by molar-refractivity contribution is -0.434. The van der Waals surface area contributed by atoms with E-state index < -0.39 is 41.5 Å². The largest absolute Gasteiger partial charge is 0.445 e. The molecule has 1 N–H and O–H groups in total. The van der Waals surface area contributed by atoms with Crippen molar-refractivity contribution in [2.24, 2.45) is 17.8 Å². The van der Waals surface area contributed by atoms with Crippen LogP contribution in [0.1, 0.15) is 38.5 Å². The molecule has 2 aliphatic carbocycles. The van der Waals surface area contributed by atoms with E-state index in [4.69, 9.17) is 14.7 Å². The van der Waals surface area contributed by atoms with Crippen molar-refractivity contribution in [3.63, 3.8) is 0 Å². The van der Waals surface area contributed by atoms with Gasteiger partial charge in [0.05, 0.1) is 12.0 Å². The van der Waals surface area contributed by atoms with Crippen molar-refractivity contribution in [3.05, 3.63) is 0 Å². The molecule has 3 rings (SSSR count). The van der Waals surface area contributed by atoms with Crippen molar-refractivity contribution in [1.82, 2.24) is 0 Å². The van der Waals surface area contributed by atoms with Gasteiger partial charge in [0, 0.05) is 6.61 Å². The molecule has 2 saturated carbocycles. The first-order valence-electron chi connectivity index (χ1n) is 9.20. The predicted octanol–water partition coefficient (Wildman–Crippen LogP) is 4.08. The van der Waals surface area contributed by atoms with Gasteiger partial charge in [-0.15, -0.1) is 4.33 Å². The van der Waals surface area contributed by atoms with Gasteiger partial charge in [-0.05, 0) is 50.4 Å². The molecule has 1 aliphatic heterocycles. The summed E-state index contributed by atoms with van der Waals surface area (Å²) in [6, 6.07) is 0. The summed E-state index contributed by atoms with van der Waals surface area (Å²) in [5, 5.41) is 6.08. The molecule has 0 radical (unpaired) electrons. The summed E-state index contributed by atoms with van der Waals surface area (Å²) in [5.41, 5.74) is 0. The summed E-state index contributed by atoms with van der Waals surface area (Å²) in [4.78, 5) is 12.3. The molecule has 7 nitrogen and oxygen atoms in total. The second kappa shape index (κ2) is 9.18. The molecule has 0 aromatic carbocycles. The van der Waals surface area contributed by atoms with Crippen LogP contribution < -0.4 is 0 Å². The minimum absolute atomic E-state index is 0.0616. The minimum Gasteiger partial charge on any atom is -0.445 e. The lowest BCUT2D eigenvalue weighted by atomic mass is 9.87. The van der Waals surface area contributed by atoms with Crippen molar-refractivity contribution < 1.29 is 55.6 Å². The fourth-order valence-electron chi connectivity index (χ4n) is 4.33. The highest BCUT2D eigenvalue weighted by atomic mass is 32.2. The van der Waals surface area contributed by atoms with Gasteiger partial charge in [-0.3, -0.25) is 4.79 Å². The zero-order valence-corrected chi connectivity index (χ0v) is 15.9. The average molecular weight is 452 g/mol. The average Bonchev–Trinajstić information content (AvgIpc) is 3.24. The number of fused-ring (bicyclic) bond motifs is 2. The van der Waals surface area contributed by atoms with E-state index in [1.807, 2.05) is 0 Å². The highest BCUT2D eigenvalue weighted by Gasteiger charge is 2.62. The van der Waals surface area contributed by atoms with Crippen LogP contribution in [0.2, 0.25) is 0 Å². The quantitative estimate of drug-likeness (QED) is 0.194. The molecule has 1 saturated heterocycles. The SMILES string of the molecule is O=C(OC(C(F)(F)F)C(F)(F)SOOO)C1CC2CC1CC2OC1CCCCO1. The third-order valence-electron chi connectivity index (χ3n) is 5.57. The van der Waals surface area contributed by atoms with Crippen LogP contribution in [0.15, 0.2) is 0 Å². The van der Waals surface area contributed by atoms with E-state index in [-0.39, 0.29) is 30.7 Å². The Balaban J connectivity index is 1.57. The molecule has 1 heterocycles. The maximum atomic E-state index is 13.7. The first kappa shape index (κ1) is 22.9. The van der Waals surface area contributed by atoms with Gasteiger partial charge in [0.1, 0.15) is 12.0 Å². The van der Waals surface area contributed by atoms with E-state index in [1.165, 1.54) is 0 Å². The Morgan fingerprint density at radius 2 is 1.86 bits per heavy atom. The maximum Gasteiger partial charge on any atom is 0.432 e. The summed E-state index contributed by atoms with van der Waals surface area (Å²) < 4.78 is 85.6. The van der Waals surface area contributed by atoms with Gasteiger partial charge in [-0.1, -0.05) is 5.04 Å². The molecule has 0 amide bonds. The molecule has 6 unspecified atom stereocenters. The zero-order chi connectivity index (χ0) is 21.2. The molecule has 3 aliphatic rings. The Hall–Kier alpha value is -0.730. The normalized spacial score (nSPS) is 33.7. The van der Waals surface area contributed by atoms with Crippen LogP contribution in [-0.4, -0.2) is 47.8 Å². The van der Waals surface area contributed by atoms with Crippen LogP contribution in [-0.2, 0) is 28.4 Å². The van der Waals surface area contributed by atoms with Crippen LogP contribution in [0.3, 0.4) is 0 Å². The smallest absolute Gasteiger partial charge is 0.432 e. The summed E-state index contributed by atoms with van der Waals surface area (Å²) in [7, 11) is 0. The molecule has 168 valence electrons. The van der Waals surface area contributed by atoms with Gasteiger partial charge in [0.15, 0.2) is 6.29 Å². The number of carbonyl (C=O) groups is 1. The van der Waals surface area contributed by atoms with Gasteiger partial charge in [-0.25, -0.2) is 5.26 Å². The van der Waals surface area contributed by atoms with Crippen LogP contribution in [0.4, 0.5) is 22.0 Å². The van der Waals surface area contributed by atoms with Crippen molar-refractivity contribution >= 4 is 18.0 Å². The summed E-state index contributed by atoms with van der Waals surface area (Å²) >= 11 is -1.10. The van der Waals surface area contributed by atoms with Crippen LogP contribution in [0.25, 0.3) is 0 Å². The Morgan fingerprint density at radius 3 is 2.41 bits per heavy atom. The van der Waals surface area contributed by atoms with Crippen molar-refractivity contribution in [3.8, 4) is 0 Å². The fourth-order valence-corrected chi connectivity index (χ4v) is 4.72. The third kappa shape index (κ3) is 5.50. The number of rotatable bonds is 8. The lowest BCUT2D eigenvalue weighted by Crippen LogP contribution is -2.47. The second-order valence-corrected chi connectivity index (χ2v) is 8.30. The van der Waals surface area contributed by atoms with E-state index in [9.17, 15) is 26.7 Å². The van der Waals surface area contributed by atoms with Gasteiger partial charge in [-0.2, -0.15) is 22.0 Å². The molecular weight excluding hydrogens is 431 g/mol. The lowest BCUT2D eigenvalue weighted by Gasteiger charge is -2.33. The number of ether oxygens (including phenoxy) is 3. The number of hydrogen-bond donors (Lipinski definition) is 1. The standard InChI is InChI=1S/C16H21F5O7S/c17-15(18,19)14(16(20,21)29-28-27-23)26-13(22)10-6-9-5-8(10)7-11(9)25-12-3-1-2-4-24-12/h8-12,14,23H,1-7H2. The topological polar surface area (TPSA) is 83.5 Å². The number of halogens is 5. The molecule has 2 bridgehead atoms. The number of esters is 1. The molecule has 0 aromatic heterocycles. The maximum absolute atomic E-state index is 13.7. The first-order chi connectivity index (χ1) is 13.6. The van der Waals surface area contributed by atoms with Gasteiger partial charge in [0.25, 0.3) is 6.10 Å². The third-order valence-corrected chi connectivity index (χ3v) is 6.14. The Bertz CT molecular complexity index is 572. The van der Waals surface area contributed by atoms with E-state index in [0.29, 0.717) is 19.4 Å². The van der Waals surface area contributed by atoms with Crippen LogP contribution in [0, 0.1) is 17.8 Å². The molecular formula is C16H21F5O7S. The molecule has 0 aromatic rings. The van der Waals surface area contributed by atoms with Gasteiger partial charge >= 0.3 is 17.4 Å². The predicted molar refractivity (Wildman–Crippen MR) is 86.1 cm³/mol. The number of alkyl halides is 5. The van der Waals surface area contributed by atoms with E-state index in [1.54, 1.807) is 0 Å².